The second-order valence-corrected chi connectivity index (χ2v) is 5.30. The SMILES string of the molecule is C[C@H](OC[C@H](O)CNC1CC1)c1ccc(Cl)cc1. The van der Waals surface area contributed by atoms with Gasteiger partial charge in [-0.1, -0.05) is 23.7 Å². The molecule has 1 aromatic carbocycles. The molecule has 0 bridgehead atoms. The molecule has 18 heavy (non-hydrogen) atoms. The number of ether oxygens (including phenoxy) is 1. The summed E-state index contributed by atoms with van der Waals surface area (Å²) in [6.45, 7) is 2.94. The van der Waals surface area contributed by atoms with Gasteiger partial charge in [0.1, 0.15) is 0 Å². The van der Waals surface area contributed by atoms with Gasteiger partial charge < -0.3 is 15.2 Å². The van der Waals surface area contributed by atoms with Gasteiger partial charge in [0.2, 0.25) is 0 Å². The van der Waals surface area contributed by atoms with E-state index in [1.807, 2.05) is 31.2 Å². The van der Waals surface area contributed by atoms with Crippen molar-refractivity contribution in [1.29, 1.82) is 0 Å². The molecule has 100 valence electrons. The van der Waals surface area contributed by atoms with E-state index in [1.165, 1.54) is 12.8 Å². The summed E-state index contributed by atoms with van der Waals surface area (Å²) in [4.78, 5) is 0. The minimum atomic E-state index is -0.444. The van der Waals surface area contributed by atoms with Crippen molar-refractivity contribution in [2.45, 2.75) is 38.0 Å². The van der Waals surface area contributed by atoms with Gasteiger partial charge in [0, 0.05) is 17.6 Å². The lowest BCUT2D eigenvalue weighted by Crippen LogP contribution is -2.31. The predicted octanol–water partition coefficient (Wildman–Crippen LogP) is 2.53. The number of aliphatic hydroxyl groups excluding tert-OH is 1. The first-order valence-corrected chi connectivity index (χ1v) is 6.81. The average molecular weight is 270 g/mol. The van der Waals surface area contributed by atoms with Crippen LogP contribution in [0.4, 0.5) is 0 Å². The first-order chi connectivity index (χ1) is 8.65. The normalized spacial score (nSPS) is 18.6. The van der Waals surface area contributed by atoms with Gasteiger partial charge in [-0.3, -0.25) is 0 Å². The second kappa shape index (κ2) is 6.53. The maximum Gasteiger partial charge on any atom is 0.0898 e. The Hall–Kier alpha value is -0.610. The van der Waals surface area contributed by atoms with Crippen molar-refractivity contribution in [2.24, 2.45) is 0 Å². The Labute approximate surface area is 113 Å². The number of halogens is 1. The summed E-state index contributed by atoms with van der Waals surface area (Å²) in [5.74, 6) is 0. The van der Waals surface area contributed by atoms with Crippen LogP contribution in [0.2, 0.25) is 5.02 Å². The van der Waals surface area contributed by atoms with E-state index < -0.39 is 6.10 Å². The Morgan fingerprint density at radius 2 is 2.06 bits per heavy atom. The average Bonchev–Trinajstić information content (AvgIpc) is 3.18. The summed E-state index contributed by atoms with van der Waals surface area (Å²) in [5, 5.41) is 13.8. The summed E-state index contributed by atoms with van der Waals surface area (Å²) in [6.07, 6.45) is 1.99. The molecule has 2 atom stereocenters. The van der Waals surface area contributed by atoms with Crippen LogP contribution in [0.1, 0.15) is 31.4 Å². The van der Waals surface area contributed by atoms with Gasteiger partial charge in [0.05, 0.1) is 18.8 Å². The zero-order valence-corrected chi connectivity index (χ0v) is 11.4. The van der Waals surface area contributed by atoms with Crippen molar-refractivity contribution in [2.75, 3.05) is 13.2 Å². The van der Waals surface area contributed by atoms with Gasteiger partial charge in [-0.15, -0.1) is 0 Å². The zero-order valence-electron chi connectivity index (χ0n) is 10.6. The summed E-state index contributed by atoms with van der Waals surface area (Å²) < 4.78 is 5.65. The number of hydrogen-bond acceptors (Lipinski definition) is 3. The van der Waals surface area contributed by atoms with E-state index in [0.29, 0.717) is 19.2 Å². The number of hydrogen-bond donors (Lipinski definition) is 2. The van der Waals surface area contributed by atoms with Gasteiger partial charge in [0.15, 0.2) is 0 Å². The Kier molecular flexibility index (Phi) is 5.01. The Morgan fingerprint density at radius 1 is 1.39 bits per heavy atom. The van der Waals surface area contributed by atoms with Crippen LogP contribution in [0.3, 0.4) is 0 Å². The molecule has 0 unspecified atom stereocenters. The van der Waals surface area contributed by atoms with Gasteiger partial charge >= 0.3 is 0 Å². The smallest absolute Gasteiger partial charge is 0.0898 e. The lowest BCUT2D eigenvalue weighted by molar-refractivity contribution is -0.00212. The van der Waals surface area contributed by atoms with E-state index in [0.717, 1.165) is 10.6 Å². The third-order valence-corrected chi connectivity index (χ3v) is 3.35. The molecule has 2 rings (SSSR count). The molecule has 1 saturated carbocycles. The van der Waals surface area contributed by atoms with Crippen molar-refractivity contribution >= 4 is 11.6 Å². The molecular formula is C14H20ClNO2. The van der Waals surface area contributed by atoms with Crippen molar-refractivity contribution in [1.82, 2.24) is 5.32 Å². The summed E-state index contributed by atoms with van der Waals surface area (Å²) >= 11 is 5.83. The summed E-state index contributed by atoms with van der Waals surface area (Å²) in [5.41, 5.74) is 1.07. The van der Waals surface area contributed by atoms with E-state index in [9.17, 15) is 5.11 Å². The minimum absolute atomic E-state index is 0.0298. The minimum Gasteiger partial charge on any atom is -0.389 e. The first kappa shape index (κ1) is 13.8. The molecule has 4 heteroatoms. The number of nitrogens with one attached hydrogen (secondary N) is 1. The van der Waals surface area contributed by atoms with E-state index in [-0.39, 0.29) is 6.10 Å². The fraction of sp³-hybridized carbons (Fsp3) is 0.571. The van der Waals surface area contributed by atoms with Gasteiger partial charge in [-0.2, -0.15) is 0 Å². The van der Waals surface area contributed by atoms with Crippen molar-refractivity contribution in [3.8, 4) is 0 Å². The molecule has 0 heterocycles. The lowest BCUT2D eigenvalue weighted by atomic mass is 10.1. The van der Waals surface area contributed by atoms with Crippen molar-refractivity contribution in [3.63, 3.8) is 0 Å². The predicted molar refractivity (Wildman–Crippen MR) is 72.9 cm³/mol. The highest BCUT2D eigenvalue weighted by Crippen LogP contribution is 2.20. The Balaban J connectivity index is 1.69. The number of aliphatic hydroxyl groups is 1. The van der Waals surface area contributed by atoms with Gasteiger partial charge in [-0.25, -0.2) is 0 Å². The molecule has 0 amide bonds. The molecule has 1 aliphatic carbocycles. The number of benzene rings is 1. The van der Waals surface area contributed by atoms with E-state index in [1.54, 1.807) is 0 Å². The Morgan fingerprint density at radius 3 is 2.67 bits per heavy atom. The van der Waals surface area contributed by atoms with E-state index >= 15 is 0 Å². The second-order valence-electron chi connectivity index (χ2n) is 4.86. The van der Waals surface area contributed by atoms with Crippen LogP contribution in [-0.2, 0) is 4.74 Å². The molecule has 3 nitrogen and oxygen atoms in total. The Bertz CT molecular complexity index is 365. The topological polar surface area (TPSA) is 41.5 Å². The largest absolute Gasteiger partial charge is 0.389 e. The van der Waals surface area contributed by atoms with Gasteiger partial charge in [0.25, 0.3) is 0 Å². The van der Waals surface area contributed by atoms with Crippen LogP contribution in [-0.4, -0.2) is 30.4 Å². The summed E-state index contributed by atoms with van der Waals surface area (Å²) in [7, 11) is 0. The van der Waals surface area contributed by atoms with Crippen molar-refractivity contribution < 1.29 is 9.84 Å². The standard InChI is InChI=1S/C14H20ClNO2/c1-10(11-2-4-12(15)5-3-11)18-9-14(17)8-16-13-6-7-13/h2-5,10,13-14,16-17H,6-9H2,1H3/t10-,14+/m0/s1. The summed E-state index contributed by atoms with van der Waals surface area (Å²) in [6, 6.07) is 8.21. The lowest BCUT2D eigenvalue weighted by Gasteiger charge is -2.17. The van der Waals surface area contributed by atoms with E-state index in [2.05, 4.69) is 5.32 Å². The maximum absolute atomic E-state index is 9.76. The van der Waals surface area contributed by atoms with Crippen LogP contribution in [0.25, 0.3) is 0 Å². The zero-order chi connectivity index (χ0) is 13.0. The molecule has 0 saturated heterocycles. The molecule has 1 aliphatic rings. The maximum atomic E-state index is 9.76. The molecule has 0 spiro atoms. The third-order valence-electron chi connectivity index (χ3n) is 3.10. The molecule has 2 N–H and O–H groups in total. The van der Waals surface area contributed by atoms with Crippen molar-refractivity contribution in [3.05, 3.63) is 34.9 Å². The fourth-order valence-electron chi connectivity index (χ4n) is 1.73. The quantitative estimate of drug-likeness (QED) is 0.799. The fourth-order valence-corrected chi connectivity index (χ4v) is 1.86. The van der Waals surface area contributed by atoms with Gasteiger partial charge in [-0.05, 0) is 37.5 Å². The third kappa shape index (κ3) is 4.58. The molecule has 1 fully saturated rings. The number of rotatable bonds is 7. The highest BCUT2D eigenvalue weighted by Gasteiger charge is 2.21. The highest BCUT2D eigenvalue weighted by atomic mass is 35.5. The molecule has 1 aromatic rings. The van der Waals surface area contributed by atoms with Crippen LogP contribution in [0.15, 0.2) is 24.3 Å². The molecular weight excluding hydrogens is 250 g/mol. The van der Waals surface area contributed by atoms with Crippen LogP contribution in [0, 0.1) is 0 Å². The molecule has 0 aliphatic heterocycles. The molecule has 0 radical (unpaired) electrons. The monoisotopic (exact) mass is 269 g/mol. The van der Waals surface area contributed by atoms with Crippen LogP contribution in [0.5, 0.6) is 0 Å². The molecule has 0 aromatic heterocycles. The van der Waals surface area contributed by atoms with E-state index in [4.69, 9.17) is 16.3 Å². The highest BCUT2D eigenvalue weighted by molar-refractivity contribution is 6.30. The van der Waals surface area contributed by atoms with Crippen LogP contribution < -0.4 is 5.32 Å². The van der Waals surface area contributed by atoms with Crippen LogP contribution >= 0.6 is 11.6 Å². The first-order valence-electron chi connectivity index (χ1n) is 6.43.